The summed E-state index contributed by atoms with van der Waals surface area (Å²) in [6.07, 6.45) is 1.04. The van der Waals surface area contributed by atoms with E-state index in [1.54, 1.807) is 6.92 Å². The van der Waals surface area contributed by atoms with Gasteiger partial charge in [-0.15, -0.1) is 4.40 Å². The molecule has 0 saturated heterocycles. The first-order chi connectivity index (χ1) is 5.97. The van der Waals surface area contributed by atoms with Crippen molar-refractivity contribution in [1.29, 1.82) is 0 Å². The normalized spacial score (nSPS) is 19.2. The number of sulfonamides is 1. The molecule has 3 N–H and O–H groups in total. The van der Waals surface area contributed by atoms with Crippen LogP contribution in [-0.2, 0) is 14.8 Å². The van der Waals surface area contributed by atoms with Gasteiger partial charge in [-0.25, -0.2) is 0 Å². The molecule has 6 nitrogen and oxygen atoms in total. The van der Waals surface area contributed by atoms with Crippen molar-refractivity contribution in [3.8, 4) is 0 Å². The van der Waals surface area contributed by atoms with Crippen molar-refractivity contribution in [3.05, 3.63) is 11.0 Å². The molecule has 0 saturated carbocycles. The van der Waals surface area contributed by atoms with Crippen LogP contribution in [0.3, 0.4) is 0 Å². The van der Waals surface area contributed by atoms with E-state index in [0.29, 0.717) is 6.54 Å². The van der Waals surface area contributed by atoms with Crippen LogP contribution < -0.4 is 11.1 Å². The number of rotatable bonds is 2. The van der Waals surface area contributed by atoms with Crippen molar-refractivity contribution in [1.82, 2.24) is 5.32 Å². The van der Waals surface area contributed by atoms with E-state index >= 15 is 0 Å². The summed E-state index contributed by atoms with van der Waals surface area (Å²) >= 11 is 0. The predicted octanol–water partition coefficient (Wildman–Crippen LogP) is -1.29. The van der Waals surface area contributed by atoms with Gasteiger partial charge in [0.1, 0.15) is 5.84 Å². The Labute approximate surface area is 75.6 Å². The molecule has 0 atom stereocenters. The molecule has 1 heterocycles. The smallest absolute Gasteiger partial charge is 0.289 e. The lowest BCUT2D eigenvalue weighted by Crippen LogP contribution is -2.26. The van der Waals surface area contributed by atoms with E-state index in [1.807, 2.05) is 0 Å². The van der Waals surface area contributed by atoms with Crippen molar-refractivity contribution in [2.45, 2.75) is 6.92 Å². The SMILES string of the molecule is CCNC(=O)C1=CC(N)=NS1(=O)=O. The van der Waals surface area contributed by atoms with Crippen LogP contribution in [0.5, 0.6) is 0 Å². The zero-order chi connectivity index (χ0) is 10.1. The van der Waals surface area contributed by atoms with Crippen molar-refractivity contribution < 1.29 is 13.2 Å². The van der Waals surface area contributed by atoms with E-state index in [4.69, 9.17) is 5.73 Å². The number of nitrogens with zero attached hydrogens (tertiary/aromatic N) is 1. The summed E-state index contributed by atoms with van der Waals surface area (Å²) in [5.41, 5.74) is 5.15. The number of amidine groups is 1. The summed E-state index contributed by atoms with van der Waals surface area (Å²) in [4.78, 5) is 10.7. The highest BCUT2D eigenvalue weighted by atomic mass is 32.2. The molecule has 0 radical (unpaired) electrons. The minimum Gasteiger partial charge on any atom is -0.383 e. The molecule has 1 rings (SSSR count). The summed E-state index contributed by atoms with van der Waals surface area (Å²) < 4.78 is 25.3. The van der Waals surface area contributed by atoms with Gasteiger partial charge in [0, 0.05) is 12.6 Å². The Kier molecular flexibility index (Phi) is 2.37. The zero-order valence-corrected chi connectivity index (χ0v) is 7.76. The van der Waals surface area contributed by atoms with Gasteiger partial charge < -0.3 is 11.1 Å². The van der Waals surface area contributed by atoms with E-state index in [-0.39, 0.29) is 5.84 Å². The topological polar surface area (TPSA) is 102 Å². The third-order valence-electron chi connectivity index (χ3n) is 1.34. The predicted molar refractivity (Wildman–Crippen MR) is 47.3 cm³/mol. The average molecular weight is 203 g/mol. The fourth-order valence-electron chi connectivity index (χ4n) is 0.853. The standard InChI is InChI=1S/C6H9N3O3S/c1-2-8-6(10)4-3-5(7)9-13(4,11)12/h3H,2H2,1H3,(H2,7,9)(H,8,10). The number of nitrogens with one attached hydrogen (secondary N) is 1. The molecular weight excluding hydrogens is 194 g/mol. The fraction of sp³-hybridized carbons (Fsp3) is 0.333. The van der Waals surface area contributed by atoms with Crippen LogP contribution in [0.2, 0.25) is 0 Å². The summed E-state index contributed by atoms with van der Waals surface area (Å²) in [6.45, 7) is 2.04. The van der Waals surface area contributed by atoms with Crippen molar-refractivity contribution in [2.75, 3.05) is 6.54 Å². The molecule has 0 aromatic rings. The first kappa shape index (κ1) is 9.72. The van der Waals surface area contributed by atoms with Crippen molar-refractivity contribution >= 4 is 21.8 Å². The van der Waals surface area contributed by atoms with Gasteiger partial charge in [0.05, 0.1) is 0 Å². The van der Waals surface area contributed by atoms with E-state index in [0.717, 1.165) is 6.08 Å². The second-order valence-corrected chi connectivity index (χ2v) is 3.93. The minimum absolute atomic E-state index is 0.166. The lowest BCUT2D eigenvalue weighted by molar-refractivity contribution is -0.116. The zero-order valence-electron chi connectivity index (χ0n) is 6.94. The number of hydrogen-bond acceptors (Lipinski definition) is 4. The quantitative estimate of drug-likeness (QED) is 0.582. The Morgan fingerprint density at radius 3 is 2.69 bits per heavy atom. The number of hydrogen-bond donors (Lipinski definition) is 2. The molecule has 0 fully saturated rings. The van der Waals surface area contributed by atoms with Gasteiger partial charge in [-0.1, -0.05) is 0 Å². The van der Waals surface area contributed by atoms with Crippen LogP contribution >= 0.6 is 0 Å². The maximum absolute atomic E-state index is 11.1. The van der Waals surface area contributed by atoms with Gasteiger partial charge in [-0.05, 0) is 6.92 Å². The maximum atomic E-state index is 11.1. The average Bonchev–Trinajstić information content (AvgIpc) is 2.24. The third-order valence-corrected chi connectivity index (χ3v) is 2.65. The molecule has 0 aromatic carbocycles. The molecule has 0 aliphatic carbocycles. The van der Waals surface area contributed by atoms with Crippen LogP contribution in [0.25, 0.3) is 0 Å². The highest BCUT2D eigenvalue weighted by Gasteiger charge is 2.28. The molecule has 1 amide bonds. The van der Waals surface area contributed by atoms with Gasteiger partial charge in [0.25, 0.3) is 15.9 Å². The first-order valence-corrected chi connectivity index (χ1v) is 5.01. The summed E-state index contributed by atoms with van der Waals surface area (Å²) in [5.74, 6) is -0.840. The van der Waals surface area contributed by atoms with Crippen LogP contribution in [0.15, 0.2) is 15.4 Å². The lowest BCUT2D eigenvalue weighted by Gasteiger charge is -1.99. The minimum atomic E-state index is -3.85. The Morgan fingerprint density at radius 1 is 1.69 bits per heavy atom. The maximum Gasteiger partial charge on any atom is 0.289 e. The Bertz CT molecular complexity index is 393. The van der Waals surface area contributed by atoms with E-state index in [9.17, 15) is 13.2 Å². The van der Waals surface area contributed by atoms with Gasteiger partial charge in [-0.2, -0.15) is 8.42 Å². The second-order valence-electron chi connectivity index (χ2n) is 2.36. The number of carbonyl (C=O) groups excluding carboxylic acids is 1. The van der Waals surface area contributed by atoms with E-state index in [1.165, 1.54) is 0 Å². The number of nitrogens with two attached hydrogens (primary N) is 1. The van der Waals surface area contributed by atoms with Gasteiger partial charge in [-0.3, -0.25) is 4.79 Å². The van der Waals surface area contributed by atoms with Gasteiger partial charge >= 0.3 is 0 Å². The van der Waals surface area contributed by atoms with E-state index < -0.39 is 20.8 Å². The Balaban J connectivity index is 2.98. The van der Waals surface area contributed by atoms with Crippen molar-refractivity contribution in [2.24, 2.45) is 10.1 Å². The molecule has 1 aliphatic rings. The molecule has 7 heteroatoms. The largest absolute Gasteiger partial charge is 0.383 e. The summed E-state index contributed by atoms with van der Waals surface area (Å²) in [7, 11) is -3.85. The summed E-state index contributed by atoms with van der Waals surface area (Å²) in [5, 5.41) is 2.35. The van der Waals surface area contributed by atoms with Crippen LogP contribution in [0.1, 0.15) is 6.92 Å². The van der Waals surface area contributed by atoms with Crippen LogP contribution in [0, 0.1) is 0 Å². The van der Waals surface area contributed by atoms with Gasteiger partial charge in [0.15, 0.2) is 4.91 Å². The molecule has 0 bridgehead atoms. The molecular formula is C6H9N3O3S. The van der Waals surface area contributed by atoms with E-state index in [2.05, 4.69) is 9.71 Å². The number of amides is 1. The first-order valence-electron chi connectivity index (χ1n) is 3.57. The number of carbonyl (C=O) groups is 1. The fourth-order valence-corrected chi connectivity index (χ4v) is 1.86. The molecule has 13 heavy (non-hydrogen) atoms. The molecule has 0 spiro atoms. The van der Waals surface area contributed by atoms with Crippen LogP contribution in [-0.4, -0.2) is 26.7 Å². The Morgan fingerprint density at radius 2 is 2.31 bits per heavy atom. The summed E-state index contributed by atoms with van der Waals surface area (Å²) in [6, 6.07) is 0. The highest BCUT2D eigenvalue weighted by molar-refractivity contribution is 7.95. The highest BCUT2D eigenvalue weighted by Crippen LogP contribution is 2.14. The second kappa shape index (κ2) is 3.17. The molecule has 72 valence electrons. The number of likely N-dealkylation sites (N-methyl/N-ethyl adjacent to an activating group) is 1. The molecule has 0 aromatic heterocycles. The van der Waals surface area contributed by atoms with Crippen molar-refractivity contribution in [3.63, 3.8) is 0 Å². The Hall–Kier alpha value is -1.37. The van der Waals surface area contributed by atoms with Crippen LogP contribution in [0.4, 0.5) is 0 Å². The third kappa shape index (κ3) is 1.86. The molecule has 1 aliphatic heterocycles. The molecule has 0 unspecified atom stereocenters. The monoisotopic (exact) mass is 203 g/mol. The van der Waals surface area contributed by atoms with Gasteiger partial charge in [0.2, 0.25) is 0 Å². The lowest BCUT2D eigenvalue weighted by atomic mass is 10.4.